The number of rotatable bonds is 3. The Bertz CT molecular complexity index is 359. The van der Waals surface area contributed by atoms with Gasteiger partial charge in [-0.25, -0.2) is 9.18 Å². The van der Waals surface area contributed by atoms with Gasteiger partial charge in [-0.1, -0.05) is 0 Å². The van der Waals surface area contributed by atoms with Crippen molar-refractivity contribution < 1.29 is 19.0 Å². The van der Waals surface area contributed by atoms with Gasteiger partial charge in [-0.2, -0.15) is 0 Å². The van der Waals surface area contributed by atoms with Crippen LogP contribution in [0.15, 0.2) is 22.7 Å². The van der Waals surface area contributed by atoms with Crippen LogP contribution < -0.4 is 5.32 Å². The van der Waals surface area contributed by atoms with Crippen molar-refractivity contribution in [2.24, 2.45) is 0 Å². The van der Waals surface area contributed by atoms with Gasteiger partial charge in [-0.05, 0) is 34.1 Å². The van der Waals surface area contributed by atoms with Gasteiger partial charge in [-0.15, -0.1) is 0 Å². The number of anilines is 1. The summed E-state index contributed by atoms with van der Waals surface area (Å²) in [6.07, 6.45) is -0.740. The fourth-order valence-corrected chi connectivity index (χ4v) is 1.22. The molecular formula is C9H9BrFNO3. The summed E-state index contributed by atoms with van der Waals surface area (Å²) in [6.45, 7) is -0.351. The third-order valence-corrected chi connectivity index (χ3v) is 2.18. The maximum Gasteiger partial charge on any atom is 0.411 e. The normalized spacial score (nSPS) is 9.80. The van der Waals surface area contributed by atoms with E-state index >= 15 is 0 Å². The quantitative estimate of drug-likeness (QED) is 0.890. The van der Waals surface area contributed by atoms with Crippen LogP contribution >= 0.6 is 15.9 Å². The van der Waals surface area contributed by atoms with Crippen LogP contribution in [0.3, 0.4) is 0 Å². The molecule has 0 fully saturated rings. The molecule has 0 spiro atoms. The molecule has 0 bridgehead atoms. The molecule has 0 aromatic heterocycles. The largest absolute Gasteiger partial charge is 0.447 e. The number of hydrogen-bond acceptors (Lipinski definition) is 3. The van der Waals surface area contributed by atoms with Crippen molar-refractivity contribution in [3.63, 3.8) is 0 Å². The van der Waals surface area contributed by atoms with Crippen LogP contribution in [0.5, 0.6) is 0 Å². The molecule has 0 unspecified atom stereocenters. The van der Waals surface area contributed by atoms with Gasteiger partial charge in [0.15, 0.2) is 0 Å². The maximum absolute atomic E-state index is 12.8. The van der Waals surface area contributed by atoms with Gasteiger partial charge in [0.1, 0.15) is 12.4 Å². The summed E-state index contributed by atoms with van der Waals surface area (Å²) < 4.78 is 17.9. The summed E-state index contributed by atoms with van der Waals surface area (Å²) >= 11 is 3.14. The van der Waals surface area contributed by atoms with Gasteiger partial charge in [-0.3, -0.25) is 5.32 Å². The van der Waals surface area contributed by atoms with E-state index in [1.165, 1.54) is 12.1 Å². The fourth-order valence-electron chi connectivity index (χ4n) is 0.878. The van der Waals surface area contributed by atoms with Crippen LogP contribution in [0, 0.1) is 5.82 Å². The topological polar surface area (TPSA) is 58.6 Å². The summed E-state index contributed by atoms with van der Waals surface area (Å²) in [5, 5.41) is 10.7. The summed E-state index contributed by atoms with van der Waals surface area (Å²) in [4.78, 5) is 11.0. The molecule has 6 heteroatoms. The third-order valence-electron chi connectivity index (χ3n) is 1.49. The lowest BCUT2D eigenvalue weighted by Crippen LogP contribution is -2.16. The van der Waals surface area contributed by atoms with E-state index in [4.69, 9.17) is 5.11 Å². The van der Waals surface area contributed by atoms with Crippen molar-refractivity contribution in [1.29, 1.82) is 0 Å². The van der Waals surface area contributed by atoms with Crippen LogP contribution in [0.4, 0.5) is 14.9 Å². The Morgan fingerprint density at radius 2 is 2.33 bits per heavy atom. The van der Waals surface area contributed by atoms with E-state index in [1.807, 2.05) is 0 Å². The number of benzene rings is 1. The van der Waals surface area contributed by atoms with Gasteiger partial charge < -0.3 is 9.84 Å². The molecule has 2 N–H and O–H groups in total. The monoisotopic (exact) mass is 277 g/mol. The highest BCUT2D eigenvalue weighted by molar-refractivity contribution is 9.10. The summed E-state index contributed by atoms with van der Waals surface area (Å²) in [5.74, 6) is -0.462. The summed E-state index contributed by atoms with van der Waals surface area (Å²) in [7, 11) is 0. The smallest absolute Gasteiger partial charge is 0.411 e. The Morgan fingerprint density at radius 3 is 3.00 bits per heavy atom. The van der Waals surface area contributed by atoms with E-state index < -0.39 is 11.9 Å². The number of carbonyl (C=O) groups is 1. The Morgan fingerprint density at radius 1 is 1.60 bits per heavy atom. The zero-order valence-corrected chi connectivity index (χ0v) is 9.25. The van der Waals surface area contributed by atoms with Crippen LogP contribution in [0.2, 0.25) is 0 Å². The molecule has 15 heavy (non-hydrogen) atoms. The molecule has 0 saturated carbocycles. The first-order valence-corrected chi connectivity index (χ1v) is 4.92. The molecule has 0 aliphatic heterocycles. The van der Waals surface area contributed by atoms with Crippen molar-refractivity contribution in [3.05, 3.63) is 28.5 Å². The van der Waals surface area contributed by atoms with E-state index in [-0.39, 0.29) is 18.9 Å². The predicted octanol–water partition coefficient (Wildman–Crippen LogP) is 2.13. The molecule has 1 amide bonds. The van der Waals surface area contributed by atoms with Crippen molar-refractivity contribution in [1.82, 2.24) is 0 Å². The Hall–Kier alpha value is -1.14. The highest BCUT2D eigenvalue weighted by Crippen LogP contribution is 2.22. The standard InChI is InChI=1S/C9H9BrFNO3/c10-7-2-1-6(11)5-8(7)12-9(14)15-4-3-13/h1-2,5,13H,3-4H2,(H,12,14). The number of carbonyl (C=O) groups excluding carboxylic acids is 1. The molecule has 4 nitrogen and oxygen atoms in total. The Labute approximate surface area is 94.2 Å². The zero-order chi connectivity index (χ0) is 11.3. The second-order valence-electron chi connectivity index (χ2n) is 2.61. The molecular weight excluding hydrogens is 269 g/mol. The maximum atomic E-state index is 12.8. The lowest BCUT2D eigenvalue weighted by molar-refractivity contribution is 0.131. The third kappa shape index (κ3) is 3.85. The van der Waals surface area contributed by atoms with E-state index in [2.05, 4.69) is 26.0 Å². The highest BCUT2D eigenvalue weighted by Gasteiger charge is 2.06. The van der Waals surface area contributed by atoms with Crippen LogP contribution in [0.25, 0.3) is 0 Å². The summed E-state index contributed by atoms with van der Waals surface area (Å²) in [5.41, 5.74) is 0.276. The minimum atomic E-state index is -0.740. The average Bonchev–Trinajstić information content (AvgIpc) is 2.20. The van der Waals surface area contributed by atoms with Crippen LogP contribution in [0.1, 0.15) is 0 Å². The first-order valence-electron chi connectivity index (χ1n) is 4.13. The molecule has 82 valence electrons. The number of amides is 1. The SMILES string of the molecule is O=C(Nc1cc(F)ccc1Br)OCCO. The van der Waals surface area contributed by atoms with Crippen LogP contribution in [-0.4, -0.2) is 24.4 Å². The number of ether oxygens (including phenoxy) is 1. The van der Waals surface area contributed by atoms with Crippen molar-refractivity contribution in [2.75, 3.05) is 18.5 Å². The van der Waals surface area contributed by atoms with E-state index in [9.17, 15) is 9.18 Å². The van der Waals surface area contributed by atoms with Crippen molar-refractivity contribution in [3.8, 4) is 0 Å². The number of aliphatic hydroxyl groups excluding tert-OH is 1. The fraction of sp³-hybridized carbons (Fsp3) is 0.222. The van der Waals surface area contributed by atoms with E-state index in [1.54, 1.807) is 0 Å². The predicted molar refractivity (Wildman–Crippen MR) is 56.2 cm³/mol. The van der Waals surface area contributed by atoms with Gasteiger partial charge in [0.2, 0.25) is 0 Å². The molecule has 0 heterocycles. The molecule has 1 aromatic carbocycles. The van der Waals surface area contributed by atoms with Crippen molar-refractivity contribution >= 4 is 27.7 Å². The van der Waals surface area contributed by atoms with Gasteiger partial charge >= 0.3 is 6.09 Å². The first kappa shape index (κ1) is 11.9. The zero-order valence-electron chi connectivity index (χ0n) is 7.67. The van der Waals surface area contributed by atoms with Gasteiger partial charge in [0.25, 0.3) is 0 Å². The average molecular weight is 278 g/mol. The lowest BCUT2D eigenvalue weighted by Gasteiger charge is -2.07. The highest BCUT2D eigenvalue weighted by atomic mass is 79.9. The minimum Gasteiger partial charge on any atom is -0.447 e. The first-order chi connectivity index (χ1) is 7.13. The van der Waals surface area contributed by atoms with E-state index in [0.29, 0.717) is 4.47 Å². The van der Waals surface area contributed by atoms with Crippen molar-refractivity contribution in [2.45, 2.75) is 0 Å². The Balaban J connectivity index is 2.63. The number of nitrogens with one attached hydrogen (secondary N) is 1. The lowest BCUT2D eigenvalue weighted by atomic mass is 10.3. The second kappa shape index (κ2) is 5.67. The molecule has 0 saturated heterocycles. The van der Waals surface area contributed by atoms with E-state index in [0.717, 1.165) is 6.07 Å². The van der Waals surface area contributed by atoms with Gasteiger partial charge in [0.05, 0.1) is 12.3 Å². The molecule has 0 aliphatic carbocycles. The number of aliphatic hydroxyl groups is 1. The van der Waals surface area contributed by atoms with Crippen LogP contribution in [-0.2, 0) is 4.74 Å². The molecule has 0 atom stereocenters. The molecule has 0 aliphatic rings. The molecule has 1 aromatic rings. The van der Waals surface area contributed by atoms with Gasteiger partial charge in [0, 0.05) is 4.47 Å². The Kier molecular flexibility index (Phi) is 4.51. The number of halogens is 2. The second-order valence-corrected chi connectivity index (χ2v) is 3.46. The number of hydrogen-bond donors (Lipinski definition) is 2. The summed E-state index contributed by atoms with van der Waals surface area (Å²) in [6, 6.07) is 3.88. The minimum absolute atomic E-state index is 0.0984. The molecule has 0 radical (unpaired) electrons. The molecule has 1 rings (SSSR count).